The molecule has 1 aliphatic carbocycles. The minimum Gasteiger partial charge on any atom is -0.406 e. The molecule has 8 nitrogen and oxygen atoms in total. The van der Waals surface area contributed by atoms with Crippen molar-refractivity contribution in [2.75, 3.05) is 0 Å². The number of carbonyl (C=O) groups is 1. The average molecular weight is 625 g/mol. The standard InChI is InChI=1S/C25H17F10N5O3/c26-18-8-7-13(20(36)41)11-22(18,23(27,28)29)21(12-19-37-39-40-38-19,14-3-1-5-16(9-14)42-24(30,31)32)15-4-2-6-17(10-15)43-25(33,34)35/h1-10H,11-12H2,(H2,36,41)(H,37,38,39,40). The molecule has 0 aliphatic heterocycles. The SMILES string of the molecule is NC(=O)C1=CC=C(F)C(C(F)(F)F)(C(Cc2nn[nH]n2)(c2cccc(OC(F)(F)F)c2)c2cccc(OC(F)(F)F)c2)C1. The van der Waals surface area contributed by atoms with E-state index in [1.54, 1.807) is 0 Å². The first-order valence-electron chi connectivity index (χ1n) is 11.8. The molecule has 0 saturated heterocycles. The zero-order chi connectivity index (χ0) is 31.8. The van der Waals surface area contributed by atoms with Gasteiger partial charge in [0.05, 0.1) is 0 Å². The summed E-state index contributed by atoms with van der Waals surface area (Å²) in [5.41, 5.74) is -3.94. The van der Waals surface area contributed by atoms with Crippen LogP contribution in [0.15, 0.2) is 72.1 Å². The lowest BCUT2D eigenvalue weighted by molar-refractivity contribution is -0.275. The molecule has 0 spiro atoms. The fraction of sp³-hybridized carbons (Fsp3) is 0.280. The second-order valence-electron chi connectivity index (χ2n) is 9.21. The molecule has 1 atom stereocenters. The van der Waals surface area contributed by atoms with E-state index in [1.807, 2.05) is 5.21 Å². The lowest BCUT2D eigenvalue weighted by Crippen LogP contribution is -2.58. The smallest absolute Gasteiger partial charge is 0.406 e. The molecule has 4 rings (SSSR count). The van der Waals surface area contributed by atoms with Gasteiger partial charge in [-0.15, -0.1) is 36.5 Å². The molecule has 3 N–H and O–H groups in total. The second-order valence-corrected chi connectivity index (χ2v) is 9.21. The molecule has 18 heteroatoms. The zero-order valence-electron chi connectivity index (χ0n) is 21.1. The number of halogens is 10. The Balaban J connectivity index is 2.19. The molecule has 2 aromatic carbocycles. The highest BCUT2D eigenvalue weighted by atomic mass is 19.4. The van der Waals surface area contributed by atoms with Crippen LogP contribution in [0.4, 0.5) is 43.9 Å². The van der Waals surface area contributed by atoms with Crippen molar-refractivity contribution in [1.29, 1.82) is 0 Å². The first-order chi connectivity index (χ1) is 19.9. The molecular formula is C25H17F10N5O3. The number of benzene rings is 2. The normalized spacial score (nSPS) is 18.1. The van der Waals surface area contributed by atoms with Crippen LogP contribution in [-0.2, 0) is 16.6 Å². The summed E-state index contributed by atoms with van der Waals surface area (Å²) in [6, 6.07) is 5.96. The number of tetrazole rings is 1. The Kier molecular flexibility index (Phi) is 7.92. The Bertz CT molecular complexity index is 1490. The second kappa shape index (κ2) is 10.9. The van der Waals surface area contributed by atoms with Gasteiger partial charge in [0.15, 0.2) is 5.82 Å². The lowest BCUT2D eigenvalue weighted by Gasteiger charge is -2.52. The summed E-state index contributed by atoms with van der Waals surface area (Å²) in [4.78, 5) is 12.1. The molecule has 1 unspecified atom stereocenters. The topological polar surface area (TPSA) is 116 Å². The molecule has 1 heterocycles. The van der Waals surface area contributed by atoms with Crippen LogP contribution in [0.3, 0.4) is 0 Å². The highest BCUT2D eigenvalue weighted by Crippen LogP contribution is 2.65. The molecule has 1 amide bonds. The number of nitrogens with one attached hydrogen (secondary N) is 1. The number of hydrogen-bond acceptors (Lipinski definition) is 6. The Morgan fingerprint density at radius 1 is 0.884 bits per heavy atom. The number of alkyl halides is 9. The Morgan fingerprint density at radius 2 is 1.42 bits per heavy atom. The molecular weight excluding hydrogens is 608 g/mol. The van der Waals surface area contributed by atoms with Gasteiger partial charge in [0, 0.05) is 17.4 Å². The Hall–Kier alpha value is -4.64. The van der Waals surface area contributed by atoms with Crippen LogP contribution in [0.25, 0.3) is 0 Å². The number of carbonyl (C=O) groups excluding carboxylic acids is 1. The van der Waals surface area contributed by atoms with Crippen molar-refractivity contribution in [2.45, 2.75) is 37.2 Å². The first-order valence-corrected chi connectivity index (χ1v) is 11.8. The van der Waals surface area contributed by atoms with Crippen molar-refractivity contribution in [3.8, 4) is 11.5 Å². The summed E-state index contributed by atoms with van der Waals surface area (Å²) < 4.78 is 150. The number of primary amides is 1. The van der Waals surface area contributed by atoms with E-state index in [0.717, 1.165) is 36.4 Å². The number of ether oxygens (including phenoxy) is 2. The number of aromatic amines is 1. The fourth-order valence-electron chi connectivity index (χ4n) is 5.17. The van der Waals surface area contributed by atoms with Gasteiger partial charge in [-0.3, -0.25) is 4.79 Å². The number of aromatic nitrogens is 4. The lowest BCUT2D eigenvalue weighted by atomic mass is 9.51. The van der Waals surface area contributed by atoms with Gasteiger partial charge in [-0.2, -0.15) is 18.4 Å². The number of nitrogens with zero attached hydrogens (tertiary/aromatic N) is 3. The molecule has 1 aromatic heterocycles. The molecule has 0 saturated carbocycles. The zero-order valence-corrected chi connectivity index (χ0v) is 21.1. The number of hydrogen-bond donors (Lipinski definition) is 2. The van der Waals surface area contributed by atoms with Crippen LogP contribution < -0.4 is 15.2 Å². The van der Waals surface area contributed by atoms with E-state index >= 15 is 17.6 Å². The van der Waals surface area contributed by atoms with E-state index < -0.39 is 88.3 Å². The molecule has 1 aliphatic rings. The average Bonchev–Trinajstić information content (AvgIpc) is 3.38. The van der Waals surface area contributed by atoms with Crippen LogP contribution in [0.1, 0.15) is 23.4 Å². The highest BCUT2D eigenvalue weighted by Gasteiger charge is 2.71. The summed E-state index contributed by atoms with van der Waals surface area (Å²) >= 11 is 0. The number of allylic oxidation sites excluding steroid dienone is 3. The molecule has 0 radical (unpaired) electrons. The highest BCUT2D eigenvalue weighted by molar-refractivity contribution is 5.93. The van der Waals surface area contributed by atoms with Crippen molar-refractivity contribution < 1.29 is 58.2 Å². The number of amides is 1. The van der Waals surface area contributed by atoms with Crippen molar-refractivity contribution in [1.82, 2.24) is 20.6 Å². The van der Waals surface area contributed by atoms with E-state index in [-0.39, 0.29) is 0 Å². The van der Waals surface area contributed by atoms with Gasteiger partial charge in [0.1, 0.15) is 22.7 Å². The Labute approximate surface area is 234 Å². The van der Waals surface area contributed by atoms with E-state index in [1.165, 1.54) is 0 Å². The predicted octanol–water partition coefficient (Wildman–Crippen LogP) is 5.74. The summed E-state index contributed by atoms with van der Waals surface area (Å²) in [5.74, 6) is -6.00. The van der Waals surface area contributed by atoms with E-state index in [4.69, 9.17) is 5.73 Å². The first kappa shape index (κ1) is 31.3. The maximum Gasteiger partial charge on any atom is 0.573 e. The monoisotopic (exact) mass is 625 g/mol. The van der Waals surface area contributed by atoms with Gasteiger partial charge in [0.25, 0.3) is 0 Å². The van der Waals surface area contributed by atoms with Crippen LogP contribution in [0.2, 0.25) is 0 Å². The maximum absolute atomic E-state index is 16.1. The van der Waals surface area contributed by atoms with Crippen LogP contribution >= 0.6 is 0 Å². The molecule has 43 heavy (non-hydrogen) atoms. The van der Waals surface area contributed by atoms with Crippen LogP contribution in [0, 0.1) is 5.41 Å². The van der Waals surface area contributed by atoms with E-state index in [9.17, 15) is 31.1 Å². The van der Waals surface area contributed by atoms with E-state index in [0.29, 0.717) is 24.3 Å². The minimum atomic E-state index is -5.71. The number of H-pyrrole nitrogens is 1. The van der Waals surface area contributed by atoms with Crippen LogP contribution in [0.5, 0.6) is 11.5 Å². The summed E-state index contributed by atoms with van der Waals surface area (Å²) in [7, 11) is 0. The fourth-order valence-corrected chi connectivity index (χ4v) is 5.17. The largest absolute Gasteiger partial charge is 0.573 e. The van der Waals surface area contributed by atoms with Crippen molar-refractivity contribution in [2.24, 2.45) is 11.1 Å². The Morgan fingerprint density at radius 3 is 1.84 bits per heavy atom. The summed E-state index contributed by atoms with van der Waals surface area (Å²) in [6.07, 6.45) is -18.0. The minimum absolute atomic E-state index is 0.300. The van der Waals surface area contributed by atoms with Gasteiger partial charge in [-0.05, 0) is 47.9 Å². The molecule has 0 bridgehead atoms. The molecule has 230 valence electrons. The third-order valence-electron chi connectivity index (χ3n) is 6.76. The van der Waals surface area contributed by atoms with Gasteiger partial charge < -0.3 is 15.2 Å². The van der Waals surface area contributed by atoms with Crippen LogP contribution in [-0.4, -0.2) is 45.4 Å². The van der Waals surface area contributed by atoms with Crippen molar-refractivity contribution >= 4 is 5.91 Å². The summed E-state index contributed by atoms with van der Waals surface area (Å²) in [5, 5.41) is 12.5. The third kappa shape index (κ3) is 6.12. The van der Waals surface area contributed by atoms with Crippen molar-refractivity contribution in [3.63, 3.8) is 0 Å². The number of rotatable bonds is 8. The molecule has 3 aromatic rings. The number of nitrogens with two attached hydrogens (primary N) is 1. The predicted molar refractivity (Wildman–Crippen MR) is 124 cm³/mol. The third-order valence-corrected chi connectivity index (χ3v) is 6.76. The van der Waals surface area contributed by atoms with Gasteiger partial charge in [-0.1, -0.05) is 35.6 Å². The van der Waals surface area contributed by atoms with Crippen molar-refractivity contribution in [3.05, 3.63) is 89.0 Å². The maximum atomic E-state index is 16.1. The summed E-state index contributed by atoms with van der Waals surface area (Å²) in [6.45, 7) is 0. The van der Waals surface area contributed by atoms with E-state index in [2.05, 4.69) is 24.9 Å². The molecule has 0 fully saturated rings. The van der Waals surface area contributed by atoms with Gasteiger partial charge in [0.2, 0.25) is 5.91 Å². The quantitative estimate of drug-likeness (QED) is 0.309. The van der Waals surface area contributed by atoms with Gasteiger partial charge in [-0.25, -0.2) is 4.39 Å². The van der Waals surface area contributed by atoms with Gasteiger partial charge >= 0.3 is 18.9 Å².